The number of halogens is 5. The number of rotatable bonds is 0. The Kier molecular flexibility index (Phi) is 5.89. The normalized spacial score (nSPS) is 10.1. The standard InChI is InChI=1S/C8H9F3N2.2ClH/c1-4-2-6(12)7(13)3-5(4)8(9,10)11;;/h2-3H,12-13H2,1H3;2*1H. The minimum Gasteiger partial charge on any atom is -0.397 e. The largest absolute Gasteiger partial charge is 0.416 e. The first kappa shape index (κ1) is 16.6. The molecular weight excluding hydrogens is 252 g/mol. The molecule has 0 aliphatic carbocycles. The summed E-state index contributed by atoms with van der Waals surface area (Å²) in [5, 5.41) is 0. The van der Waals surface area contributed by atoms with Crippen LogP contribution in [0.15, 0.2) is 12.1 Å². The van der Waals surface area contributed by atoms with E-state index < -0.39 is 11.7 Å². The van der Waals surface area contributed by atoms with E-state index in [0.717, 1.165) is 6.07 Å². The lowest BCUT2D eigenvalue weighted by molar-refractivity contribution is -0.138. The number of benzene rings is 1. The summed E-state index contributed by atoms with van der Waals surface area (Å²) in [5.74, 6) is 0. The Balaban J connectivity index is 0. The van der Waals surface area contributed by atoms with Crippen molar-refractivity contribution in [2.75, 3.05) is 11.5 Å². The zero-order valence-corrected chi connectivity index (χ0v) is 9.39. The number of anilines is 2. The molecule has 1 aromatic rings. The van der Waals surface area contributed by atoms with Gasteiger partial charge < -0.3 is 11.5 Å². The smallest absolute Gasteiger partial charge is 0.397 e. The molecule has 0 spiro atoms. The summed E-state index contributed by atoms with van der Waals surface area (Å²) in [7, 11) is 0. The fraction of sp³-hybridized carbons (Fsp3) is 0.250. The molecular formula is C8H11Cl2F3N2. The second-order valence-corrected chi connectivity index (χ2v) is 2.79. The van der Waals surface area contributed by atoms with Gasteiger partial charge in [0.1, 0.15) is 0 Å². The second kappa shape index (κ2) is 5.32. The lowest BCUT2D eigenvalue weighted by atomic mass is 10.1. The van der Waals surface area contributed by atoms with Crippen LogP contribution in [0.3, 0.4) is 0 Å². The Labute approximate surface area is 97.6 Å². The summed E-state index contributed by atoms with van der Waals surface area (Å²) in [5.41, 5.74) is 10.1. The topological polar surface area (TPSA) is 52.0 Å². The Morgan fingerprint density at radius 3 is 1.80 bits per heavy atom. The summed E-state index contributed by atoms with van der Waals surface area (Å²) in [6.07, 6.45) is -4.37. The van der Waals surface area contributed by atoms with Crippen LogP contribution in [0.1, 0.15) is 11.1 Å². The van der Waals surface area contributed by atoms with Gasteiger partial charge in [-0.15, -0.1) is 24.8 Å². The summed E-state index contributed by atoms with van der Waals surface area (Å²) in [6, 6.07) is 2.07. The molecule has 0 aromatic heterocycles. The molecule has 15 heavy (non-hydrogen) atoms. The van der Waals surface area contributed by atoms with E-state index in [1.165, 1.54) is 13.0 Å². The molecule has 0 heterocycles. The lowest BCUT2D eigenvalue weighted by Crippen LogP contribution is -2.09. The summed E-state index contributed by atoms with van der Waals surface area (Å²) < 4.78 is 36.8. The highest BCUT2D eigenvalue weighted by molar-refractivity contribution is 5.85. The first-order chi connectivity index (χ1) is 5.82. The van der Waals surface area contributed by atoms with Crippen molar-refractivity contribution in [3.05, 3.63) is 23.3 Å². The number of hydrogen-bond acceptors (Lipinski definition) is 2. The van der Waals surface area contributed by atoms with Crippen molar-refractivity contribution in [1.82, 2.24) is 0 Å². The van der Waals surface area contributed by atoms with Gasteiger partial charge in [-0.1, -0.05) is 0 Å². The van der Waals surface area contributed by atoms with Crippen molar-refractivity contribution in [2.24, 2.45) is 0 Å². The minimum atomic E-state index is -4.37. The van der Waals surface area contributed by atoms with Crippen LogP contribution in [0, 0.1) is 6.92 Å². The highest BCUT2D eigenvalue weighted by Gasteiger charge is 2.32. The summed E-state index contributed by atoms with van der Waals surface area (Å²) in [6.45, 7) is 1.35. The van der Waals surface area contributed by atoms with E-state index in [4.69, 9.17) is 11.5 Å². The SMILES string of the molecule is Cc1cc(N)c(N)cc1C(F)(F)F.Cl.Cl. The molecule has 0 bridgehead atoms. The molecule has 88 valence electrons. The van der Waals surface area contributed by atoms with Gasteiger partial charge in [0.15, 0.2) is 0 Å². The van der Waals surface area contributed by atoms with Crippen LogP contribution in [0.4, 0.5) is 24.5 Å². The van der Waals surface area contributed by atoms with Gasteiger partial charge in [0.2, 0.25) is 0 Å². The maximum absolute atomic E-state index is 12.3. The Morgan fingerprint density at radius 2 is 1.40 bits per heavy atom. The lowest BCUT2D eigenvalue weighted by Gasteiger charge is -2.11. The minimum absolute atomic E-state index is 0. The van der Waals surface area contributed by atoms with E-state index in [1.54, 1.807) is 0 Å². The Bertz CT molecular complexity index is 339. The third-order valence-electron chi connectivity index (χ3n) is 1.74. The van der Waals surface area contributed by atoms with E-state index >= 15 is 0 Å². The number of aryl methyl sites for hydroxylation is 1. The number of nitrogens with two attached hydrogens (primary N) is 2. The van der Waals surface area contributed by atoms with Crippen LogP contribution in [-0.2, 0) is 6.18 Å². The molecule has 2 nitrogen and oxygen atoms in total. The molecule has 0 amide bonds. The maximum Gasteiger partial charge on any atom is 0.416 e. The van der Waals surface area contributed by atoms with Crippen LogP contribution in [-0.4, -0.2) is 0 Å². The van der Waals surface area contributed by atoms with Gasteiger partial charge in [0.25, 0.3) is 0 Å². The van der Waals surface area contributed by atoms with Gasteiger partial charge in [0.05, 0.1) is 16.9 Å². The molecule has 0 atom stereocenters. The van der Waals surface area contributed by atoms with Crippen LogP contribution >= 0.6 is 24.8 Å². The quantitative estimate of drug-likeness (QED) is 0.707. The molecule has 0 saturated carbocycles. The average Bonchev–Trinajstić information content (AvgIpc) is 1.94. The van der Waals surface area contributed by atoms with Crippen LogP contribution in [0.5, 0.6) is 0 Å². The molecule has 1 aromatic carbocycles. The first-order valence-electron chi connectivity index (χ1n) is 3.55. The van der Waals surface area contributed by atoms with Gasteiger partial charge in [-0.05, 0) is 24.6 Å². The van der Waals surface area contributed by atoms with Gasteiger partial charge in [-0.2, -0.15) is 13.2 Å². The Morgan fingerprint density at radius 1 is 1.00 bits per heavy atom. The molecule has 0 fully saturated rings. The highest BCUT2D eigenvalue weighted by Crippen LogP contribution is 2.34. The molecule has 0 radical (unpaired) electrons. The zero-order chi connectivity index (χ0) is 10.2. The fourth-order valence-corrected chi connectivity index (χ4v) is 1.05. The van der Waals surface area contributed by atoms with E-state index in [2.05, 4.69) is 0 Å². The molecule has 0 aliphatic rings. The van der Waals surface area contributed by atoms with Crippen LogP contribution in [0.25, 0.3) is 0 Å². The van der Waals surface area contributed by atoms with Crippen molar-refractivity contribution in [2.45, 2.75) is 13.1 Å². The first-order valence-corrected chi connectivity index (χ1v) is 3.55. The van der Waals surface area contributed by atoms with Crippen LogP contribution < -0.4 is 11.5 Å². The predicted molar refractivity (Wildman–Crippen MR) is 59.5 cm³/mol. The third kappa shape index (κ3) is 3.68. The zero-order valence-electron chi connectivity index (χ0n) is 7.76. The number of hydrogen-bond donors (Lipinski definition) is 2. The monoisotopic (exact) mass is 262 g/mol. The van der Waals surface area contributed by atoms with Crippen molar-refractivity contribution in [3.63, 3.8) is 0 Å². The molecule has 0 unspecified atom stereocenters. The highest BCUT2D eigenvalue weighted by atomic mass is 35.5. The molecule has 0 saturated heterocycles. The molecule has 7 heteroatoms. The Hall–Kier alpha value is -0.810. The van der Waals surface area contributed by atoms with Crippen molar-refractivity contribution in [3.8, 4) is 0 Å². The second-order valence-electron chi connectivity index (χ2n) is 2.79. The summed E-state index contributed by atoms with van der Waals surface area (Å²) in [4.78, 5) is 0. The van der Waals surface area contributed by atoms with Crippen molar-refractivity contribution >= 4 is 36.2 Å². The molecule has 0 aliphatic heterocycles. The van der Waals surface area contributed by atoms with E-state index in [-0.39, 0.29) is 41.8 Å². The van der Waals surface area contributed by atoms with Crippen molar-refractivity contribution < 1.29 is 13.2 Å². The van der Waals surface area contributed by atoms with E-state index in [0.29, 0.717) is 0 Å². The number of nitrogen functional groups attached to an aromatic ring is 2. The summed E-state index contributed by atoms with van der Waals surface area (Å²) >= 11 is 0. The van der Waals surface area contributed by atoms with Gasteiger partial charge in [-0.3, -0.25) is 0 Å². The van der Waals surface area contributed by atoms with Gasteiger partial charge in [-0.25, -0.2) is 0 Å². The number of alkyl halides is 3. The van der Waals surface area contributed by atoms with Gasteiger partial charge in [0, 0.05) is 0 Å². The van der Waals surface area contributed by atoms with Crippen LogP contribution in [0.2, 0.25) is 0 Å². The third-order valence-corrected chi connectivity index (χ3v) is 1.74. The van der Waals surface area contributed by atoms with Crippen molar-refractivity contribution in [1.29, 1.82) is 0 Å². The average molecular weight is 263 g/mol. The molecule has 4 N–H and O–H groups in total. The molecule has 1 rings (SSSR count). The fourth-order valence-electron chi connectivity index (χ4n) is 1.05. The predicted octanol–water partition coefficient (Wildman–Crippen LogP) is 3.02. The van der Waals surface area contributed by atoms with E-state index in [1.807, 2.05) is 0 Å². The maximum atomic E-state index is 12.3. The van der Waals surface area contributed by atoms with Gasteiger partial charge >= 0.3 is 6.18 Å². The van der Waals surface area contributed by atoms with E-state index in [9.17, 15) is 13.2 Å².